The Balaban J connectivity index is 1.95. The molecule has 0 radical (unpaired) electrons. The number of hydrogen-bond donors (Lipinski definition) is 1. The molecule has 26 heavy (non-hydrogen) atoms. The van der Waals surface area contributed by atoms with Gasteiger partial charge in [-0.1, -0.05) is 13.8 Å². The van der Waals surface area contributed by atoms with Gasteiger partial charge in [0.15, 0.2) is 0 Å². The summed E-state index contributed by atoms with van der Waals surface area (Å²) in [7, 11) is -5.98. The first kappa shape index (κ1) is 20.5. The molecule has 1 aliphatic heterocycles. The van der Waals surface area contributed by atoms with E-state index in [0.29, 0.717) is 6.42 Å². The number of fused-ring (bicyclic) bond motifs is 2. The van der Waals surface area contributed by atoms with E-state index in [1.165, 1.54) is 0 Å². The Bertz CT molecular complexity index is 760. The maximum atomic E-state index is 13.0. The lowest BCUT2D eigenvalue weighted by Crippen LogP contribution is -2.49. The van der Waals surface area contributed by atoms with Crippen LogP contribution in [0.5, 0.6) is 0 Å². The lowest BCUT2D eigenvalue weighted by Gasteiger charge is -2.34. The Kier molecular flexibility index (Phi) is 4.60. The van der Waals surface area contributed by atoms with Crippen LogP contribution in [0, 0.1) is 10.8 Å². The highest BCUT2D eigenvalue weighted by molar-refractivity contribution is 7.87. The minimum absolute atomic E-state index is 0.224. The van der Waals surface area contributed by atoms with Crippen molar-refractivity contribution >= 4 is 28.0 Å². The molecule has 1 saturated heterocycles. The molecule has 2 atom stereocenters. The van der Waals surface area contributed by atoms with Gasteiger partial charge < -0.3 is 14.2 Å². The van der Waals surface area contributed by atoms with Crippen LogP contribution in [0.1, 0.15) is 33.6 Å². The maximum absolute atomic E-state index is 13.0. The van der Waals surface area contributed by atoms with Gasteiger partial charge in [0.05, 0.1) is 5.41 Å². The van der Waals surface area contributed by atoms with E-state index in [4.69, 9.17) is 14.0 Å². The molecule has 0 amide bonds. The van der Waals surface area contributed by atoms with E-state index in [9.17, 15) is 31.6 Å². The van der Waals surface area contributed by atoms with Crippen molar-refractivity contribution in [3.63, 3.8) is 0 Å². The normalized spacial score (nSPS) is 30.0. The van der Waals surface area contributed by atoms with E-state index in [-0.39, 0.29) is 6.42 Å². The van der Waals surface area contributed by atoms with Gasteiger partial charge in [-0.15, -0.1) is 0 Å². The van der Waals surface area contributed by atoms with Gasteiger partial charge in [0, 0.05) is 5.41 Å². The predicted molar refractivity (Wildman–Crippen MR) is 78.4 cm³/mol. The molecule has 0 aromatic rings. The van der Waals surface area contributed by atoms with Crippen molar-refractivity contribution in [1.82, 2.24) is 0 Å². The Hall–Kier alpha value is -1.82. The average Bonchev–Trinajstić information content (AvgIpc) is 2.80. The Labute approximate surface area is 147 Å². The molecule has 1 aliphatic carbocycles. The molecule has 2 aliphatic rings. The van der Waals surface area contributed by atoms with E-state index in [1.807, 2.05) is 0 Å². The van der Waals surface area contributed by atoms with Gasteiger partial charge in [-0.2, -0.15) is 17.2 Å². The smallest absolute Gasteiger partial charge is 0.459 e. The summed E-state index contributed by atoms with van der Waals surface area (Å²) >= 11 is 0. The van der Waals surface area contributed by atoms with Crippen LogP contribution < -0.4 is 0 Å². The maximum Gasteiger partial charge on any atom is 0.465 e. The van der Waals surface area contributed by atoms with Gasteiger partial charge in [0.25, 0.3) is 0 Å². The van der Waals surface area contributed by atoms with Crippen LogP contribution in [0.25, 0.3) is 0 Å². The zero-order chi connectivity index (χ0) is 20.2. The molecule has 0 aromatic heterocycles. The van der Waals surface area contributed by atoms with Crippen molar-refractivity contribution in [2.45, 2.75) is 44.5 Å². The fourth-order valence-electron chi connectivity index (χ4n) is 3.28. The van der Waals surface area contributed by atoms with Gasteiger partial charge in [0.1, 0.15) is 13.2 Å². The second-order valence-corrected chi connectivity index (χ2v) is 8.40. The predicted octanol–water partition coefficient (Wildman–Crippen LogP) is 0.675. The van der Waals surface area contributed by atoms with Crippen LogP contribution in [0.4, 0.5) is 8.78 Å². The summed E-state index contributed by atoms with van der Waals surface area (Å²) in [5, 5.41) is -5.13. The fourth-order valence-corrected chi connectivity index (χ4v) is 3.55. The zero-order valence-electron chi connectivity index (χ0n) is 14.2. The Morgan fingerprint density at radius 1 is 1.19 bits per heavy atom. The molecule has 0 spiro atoms. The lowest BCUT2D eigenvalue weighted by atomic mass is 9.66. The van der Waals surface area contributed by atoms with E-state index in [2.05, 4.69) is 4.74 Å². The molecule has 9 nitrogen and oxygen atoms in total. The number of halogens is 2. The molecular formula is C14H18F2O9S. The zero-order valence-corrected chi connectivity index (χ0v) is 15.0. The minimum atomic E-state index is -5.98. The first-order valence-corrected chi connectivity index (χ1v) is 9.00. The third-order valence-electron chi connectivity index (χ3n) is 5.52. The standard InChI is InChI=1S/C14H18F2O9S/c1-11(2)12(3)4-5-13(11,25-8(12)17)9(18)23-6-7-24-10(19)14(15,16)26(20,21)22/h4-7H2,1-3H3,(H,20,21,22). The van der Waals surface area contributed by atoms with Crippen LogP contribution in [0.3, 0.4) is 0 Å². The summed E-state index contributed by atoms with van der Waals surface area (Å²) in [5.41, 5.74) is -3.26. The molecule has 1 heterocycles. The van der Waals surface area contributed by atoms with E-state index in [1.54, 1.807) is 20.8 Å². The monoisotopic (exact) mass is 400 g/mol. The number of alkyl halides is 2. The Morgan fingerprint density at radius 3 is 2.15 bits per heavy atom. The van der Waals surface area contributed by atoms with E-state index < -0.39 is 62.9 Å². The number of carbonyl (C=O) groups excluding carboxylic acids is 3. The van der Waals surface area contributed by atoms with Crippen molar-refractivity contribution in [3.05, 3.63) is 0 Å². The highest BCUT2D eigenvalue weighted by Gasteiger charge is 2.76. The van der Waals surface area contributed by atoms with E-state index >= 15 is 0 Å². The SMILES string of the molecule is CC12CCC(C(=O)OCCOC(=O)C(F)(F)S(=O)(=O)O)(OC1=O)C2(C)C. The largest absolute Gasteiger partial charge is 0.465 e. The Morgan fingerprint density at radius 2 is 1.73 bits per heavy atom. The van der Waals surface area contributed by atoms with Crippen LogP contribution >= 0.6 is 0 Å². The molecule has 1 saturated carbocycles. The van der Waals surface area contributed by atoms with Crippen LogP contribution in [-0.2, 0) is 38.7 Å². The lowest BCUT2D eigenvalue weighted by molar-refractivity contribution is -0.185. The number of hydrogen-bond acceptors (Lipinski definition) is 8. The summed E-state index contributed by atoms with van der Waals surface area (Å²) in [6.07, 6.45) is 0.630. The summed E-state index contributed by atoms with van der Waals surface area (Å²) < 4.78 is 69.2. The highest BCUT2D eigenvalue weighted by atomic mass is 32.2. The van der Waals surface area contributed by atoms with Crippen molar-refractivity contribution in [1.29, 1.82) is 0 Å². The highest BCUT2D eigenvalue weighted by Crippen LogP contribution is 2.65. The molecule has 1 N–H and O–H groups in total. The molecular weight excluding hydrogens is 382 g/mol. The first-order valence-electron chi connectivity index (χ1n) is 7.56. The van der Waals surface area contributed by atoms with Gasteiger partial charge >= 0.3 is 33.3 Å². The van der Waals surface area contributed by atoms with Crippen molar-refractivity contribution in [2.24, 2.45) is 10.8 Å². The van der Waals surface area contributed by atoms with Crippen molar-refractivity contribution in [2.75, 3.05) is 13.2 Å². The molecule has 2 rings (SSSR count). The van der Waals surface area contributed by atoms with Crippen LogP contribution in [0.15, 0.2) is 0 Å². The minimum Gasteiger partial charge on any atom is -0.459 e. The summed E-state index contributed by atoms with van der Waals surface area (Å²) in [6, 6.07) is 0. The second-order valence-electron chi connectivity index (χ2n) is 6.94. The summed E-state index contributed by atoms with van der Waals surface area (Å²) in [4.78, 5) is 35.5. The molecule has 0 aromatic carbocycles. The second kappa shape index (κ2) is 5.84. The molecule has 12 heteroatoms. The van der Waals surface area contributed by atoms with Crippen molar-refractivity contribution in [3.8, 4) is 0 Å². The first-order chi connectivity index (χ1) is 11.6. The third kappa shape index (κ3) is 2.57. The average molecular weight is 400 g/mol. The van der Waals surface area contributed by atoms with Gasteiger partial charge in [-0.05, 0) is 19.8 Å². The number of ether oxygens (including phenoxy) is 3. The molecule has 2 bridgehead atoms. The number of rotatable bonds is 6. The fraction of sp³-hybridized carbons (Fsp3) is 0.786. The third-order valence-corrected chi connectivity index (χ3v) is 6.34. The topological polar surface area (TPSA) is 133 Å². The van der Waals surface area contributed by atoms with E-state index in [0.717, 1.165) is 0 Å². The van der Waals surface area contributed by atoms with Crippen LogP contribution in [-0.4, -0.2) is 54.9 Å². The van der Waals surface area contributed by atoms with Gasteiger partial charge in [-0.3, -0.25) is 9.35 Å². The van der Waals surface area contributed by atoms with Gasteiger partial charge in [-0.25, -0.2) is 9.59 Å². The van der Waals surface area contributed by atoms with Crippen molar-refractivity contribution < 1.29 is 50.3 Å². The summed E-state index contributed by atoms with van der Waals surface area (Å²) in [5.74, 6) is -3.95. The summed E-state index contributed by atoms with van der Waals surface area (Å²) in [6.45, 7) is 3.49. The van der Waals surface area contributed by atoms with Gasteiger partial charge in [0.2, 0.25) is 5.60 Å². The molecule has 2 unspecified atom stereocenters. The molecule has 2 fully saturated rings. The number of carbonyl (C=O) groups is 3. The van der Waals surface area contributed by atoms with Crippen LogP contribution in [0.2, 0.25) is 0 Å². The number of esters is 3. The quantitative estimate of drug-likeness (QED) is 0.296. The molecule has 148 valence electrons.